The fourth-order valence-electron chi connectivity index (χ4n) is 4.58. The number of amides is 1. The van der Waals surface area contributed by atoms with Crippen LogP contribution in [0.25, 0.3) is 6.08 Å². The maximum atomic E-state index is 12.5. The van der Waals surface area contributed by atoms with Crippen LogP contribution < -0.4 is 0 Å². The average molecular weight is 457 g/mol. The molecule has 1 aromatic heterocycles. The second-order valence-electron chi connectivity index (χ2n) is 8.32. The molecule has 2 bridgehead atoms. The number of furan rings is 1. The number of esters is 1. The summed E-state index contributed by atoms with van der Waals surface area (Å²) >= 11 is 2.05. The molecule has 2 aliphatic rings. The summed E-state index contributed by atoms with van der Waals surface area (Å²) in [7, 11) is 0. The summed E-state index contributed by atoms with van der Waals surface area (Å²) in [5, 5.41) is 0. The van der Waals surface area contributed by atoms with Crippen LogP contribution in [0.1, 0.15) is 45.8 Å². The summed E-state index contributed by atoms with van der Waals surface area (Å²) in [6.45, 7) is 7.36. The minimum absolute atomic E-state index is 0.0966. The summed E-state index contributed by atoms with van der Waals surface area (Å²) in [6.07, 6.45) is 6.02. The van der Waals surface area contributed by atoms with Crippen molar-refractivity contribution in [3.63, 3.8) is 0 Å². The molecule has 0 spiro atoms. The van der Waals surface area contributed by atoms with Crippen molar-refractivity contribution < 1.29 is 18.7 Å². The zero-order chi connectivity index (χ0) is 18.2. The van der Waals surface area contributed by atoms with Gasteiger partial charge in [-0.25, -0.2) is 4.79 Å². The number of carbonyl (C=O) groups is 2. The van der Waals surface area contributed by atoms with Crippen LogP contribution in [0.3, 0.4) is 0 Å². The Kier molecular flexibility index (Phi) is 5.01. The highest BCUT2D eigenvalue weighted by Crippen LogP contribution is 2.52. The Morgan fingerprint density at radius 3 is 2.80 bits per heavy atom. The molecule has 1 saturated carbocycles. The molecule has 0 radical (unpaired) electrons. The molecular weight excluding hydrogens is 433 g/mol. The zero-order valence-electron chi connectivity index (χ0n) is 14.9. The summed E-state index contributed by atoms with van der Waals surface area (Å²) in [6, 6.07) is 3.84. The molecule has 0 unspecified atom stereocenters. The number of halogens is 1. The third kappa shape index (κ3) is 4.46. The summed E-state index contributed by atoms with van der Waals surface area (Å²) in [5.41, 5.74) is 0.440. The Morgan fingerprint density at radius 1 is 1.36 bits per heavy atom. The van der Waals surface area contributed by atoms with Crippen molar-refractivity contribution in [2.45, 2.75) is 46.1 Å². The highest BCUT2D eigenvalue weighted by Gasteiger charge is 2.50. The van der Waals surface area contributed by atoms with Gasteiger partial charge < -0.3 is 14.1 Å². The summed E-state index contributed by atoms with van der Waals surface area (Å²) in [5.74, 6) is -0.0506. The number of rotatable bonds is 4. The molecule has 0 aromatic carbocycles. The van der Waals surface area contributed by atoms with E-state index in [4.69, 9.17) is 9.15 Å². The lowest BCUT2D eigenvalue weighted by Gasteiger charge is -2.39. The molecule has 0 N–H and O–H groups in total. The third-order valence-electron chi connectivity index (χ3n) is 5.05. The maximum absolute atomic E-state index is 12.5. The standard InChI is InChI=1S/C19H24INO4/c1-18(2)8-13-9-19(3,11-18)12-21(13)16(22)10-24-17(23)7-5-14-4-6-15(20)25-14/h4-7,13H,8-12H2,1-3H3/b7-5+/t13-,19+/m1/s1. The summed E-state index contributed by atoms with van der Waals surface area (Å²) < 4.78 is 11.2. The number of hydrogen-bond donors (Lipinski definition) is 0. The molecule has 2 atom stereocenters. The quantitative estimate of drug-likeness (QED) is 0.392. The molecule has 3 rings (SSSR count). The van der Waals surface area contributed by atoms with Crippen LogP contribution in [0.5, 0.6) is 0 Å². The van der Waals surface area contributed by atoms with E-state index in [1.54, 1.807) is 12.1 Å². The van der Waals surface area contributed by atoms with Gasteiger partial charge >= 0.3 is 5.97 Å². The van der Waals surface area contributed by atoms with E-state index >= 15 is 0 Å². The van der Waals surface area contributed by atoms with Crippen molar-refractivity contribution in [1.29, 1.82) is 0 Å². The molecule has 1 aromatic rings. The van der Waals surface area contributed by atoms with Gasteiger partial charge in [-0.15, -0.1) is 0 Å². The first-order valence-corrected chi connectivity index (χ1v) is 9.63. The molecule has 5 nitrogen and oxygen atoms in total. The summed E-state index contributed by atoms with van der Waals surface area (Å²) in [4.78, 5) is 26.3. The second-order valence-corrected chi connectivity index (χ2v) is 9.38. The molecule has 1 amide bonds. The number of nitrogens with zero attached hydrogens (tertiary/aromatic N) is 1. The fraction of sp³-hybridized carbons (Fsp3) is 0.579. The van der Waals surface area contributed by atoms with Gasteiger partial charge in [0, 0.05) is 18.7 Å². The Hall–Kier alpha value is -1.31. The topological polar surface area (TPSA) is 59.8 Å². The van der Waals surface area contributed by atoms with E-state index in [1.165, 1.54) is 6.08 Å². The number of hydrogen-bond acceptors (Lipinski definition) is 4. The minimum atomic E-state index is -0.534. The molecule has 136 valence electrons. The number of fused-ring (bicyclic) bond motifs is 2. The lowest BCUT2D eigenvalue weighted by Crippen LogP contribution is -2.39. The lowest BCUT2D eigenvalue weighted by atomic mass is 9.65. The highest BCUT2D eigenvalue weighted by molar-refractivity contribution is 14.1. The average Bonchev–Trinajstić information content (AvgIpc) is 3.02. The van der Waals surface area contributed by atoms with Gasteiger partial charge in [0.25, 0.3) is 5.91 Å². The van der Waals surface area contributed by atoms with Crippen molar-refractivity contribution >= 4 is 40.5 Å². The van der Waals surface area contributed by atoms with E-state index < -0.39 is 5.97 Å². The van der Waals surface area contributed by atoms with Crippen LogP contribution in [-0.4, -0.2) is 36.0 Å². The molecule has 2 fully saturated rings. The molecule has 1 aliphatic carbocycles. The van der Waals surface area contributed by atoms with E-state index in [1.807, 2.05) is 11.0 Å². The van der Waals surface area contributed by atoms with E-state index in [-0.39, 0.29) is 29.4 Å². The van der Waals surface area contributed by atoms with Crippen LogP contribution in [0.15, 0.2) is 22.6 Å². The molecule has 6 heteroatoms. The van der Waals surface area contributed by atoms with E-state index in [0.29, 0.717) is 5.76 Å². The minimum Gasteiger partial charge on any atom is -0.452 e. The molecular formula is C19H24INO4. The lowest BCUT2D eigenvalue weighted by molar-refractivity contribution is -0.148. The predicted molar refractivity (Wildman–Crippen MR) is 103 cm³/mol. The van der Waals surface area contributed by atoms with Crippen LogP contribution in [0.2, 0.25) is 0 Å². The van der Waals surface area contributed by atoms with Crippen molar-refractivity contribution in [3.05, 3.63) is 27.7 Å². The first kappa shape index (κ1) is 18.5. The largest absolute Gasteiger partial charge is 0.452 e. The van der Waals surface area contributed by atoms with Crippen LogP contribution in [0, 0.1) is 14.6 Å². The van der Waals surface area contributed by atoms with E-state index in [9.17, 15) is 9.59 Å². The molecule has 2 heterocycles. The normalized spacial score (nSPS) is 27.7. The Morgan fingerprint density at radius 2 is 2.12 bits per heavy atom. The Labute approximate surface area is 161 Å². The molecule has 1 aliphatic heterocycles. The monoisotopic (exact) mass is 457 g/mol. The van der Waals surface area contributed by atoms with Crippen molar-refractivity contribution in [1.82, 2.24) is 4.90 Å². The van der Waals surface area contributed by atoms with Gasteiger partial charge in [-0.1, -0.05) is 20.8 Å². The zero-order valence-corrected chi connectivity index (χ0v) is 17.0. The molecule has 1 saturated heterocycles. The number of carbonyl (C=O) groups excluding carboxylic acids is 2. The van der Waals surface area contributed by atoms with Crippen LogP contribution >= 0.6 is 22.6 Å². The fourth-order valence-corrected chi connectivity index (χ4v) is 5.02. The van der Waals surface area contributed by atoms with Gasteiger partial charge in [0.15, 0.2) is 10.4 Å². The predicted octanol–water partition coefficient (Wildman–Crippen LogP) is 3.87. The van der Waals surface area contributed by atoms with Crippen molar-refractivity contribution in [2.75, 3.05) is 13.2 Å². The van der Waals surface area contributed by atoms with E-state index in [2.05, 4.69) is 43.4 Å². The van der Waals surface area contributed by atoms with Gasteiger partial charge in [-0.2, -0.15) is 0 Å². The Bertz CT molecular complexity index is 708. The van der Waals surface area contributed by atoms with Gasteiger partial charge in [-0.05, 0) is 70.9 Å². The van der Waals surface area contributed by atoms with Crippen LogP contribution in [0.4, 0.5) is 0 Å². The maximum Gasteiger partial charge on any atom is 0.331 e. The van der Waals surface area contributed by atoms with E-state index in [0.717, 1.165) is 29.6 Å². The first-order chi connectivity index (χ1) is 11.7. The SMILES string of the molecule is CC1(C)C[C@@H]2C[C@](C)(CN2C(=O)COC(=O)/C=C/c2ccc(I)o2)C1. The van der Waals surface area contributed by atoms with Crippen molar-refractivity contribution in [3.8, 4) is 0 Å². The highest BCUT2D eigenvalue weighted by atomic mass is 127. The number of ether oxygens (including phenoxy) is 1. The van der Waals surface area contributed by atoms with Gasteiger partial charge in [-0.3, -0.25) is 4.79 Å². The third-order valence-corrected chi connectivity index (χ3v) is 5.63. The van der Waals surface area contributed by atoms with Crippen molar-refractivity contribution in [2.24, 2.45) is 10.8 Å². The van der Waals surface area contributed by atoms with Crippen LogP contribution in [-0.2, 0) is 14.3 Å². The van der Waals surface area contributed by atoms with Gasteiger partial charge in [0.05, 0.1) is 0 Å². The molecule has 25 heavy (non-hydrogen) atoms. The second kappa shape index (κ2) is 6.78. The number of likely N-dealkylation sites (tertiary alicyclic amines) is 1. The van der Waals surface area contributed by atoms with Gasteiger partial charge in [0.2, 0.25) is 0 Å². The Balaban J connectivity index is 1.53. The first-order valence-electron chi connectivity index (χ1n) is 8.56. The van der Waals surface area contributed by atoms with Gasteiger partial charge in [0.1, 0.15) is 5.76 Å². The smallest absolute Gasteiger partial charge is 0.331 e.